The van der Waals surface area contributed by atoms with Crippen LogP contribution in [0.1, 0.15) is 89.0 Å². The predicted octanol–water partition coefficient (Wildman–Crippen LogP) is 5.88. The lowest BCUT2D eigenvalue weighted by molar-refractivity contribution is -0.119. The van der Waals surface area contributed by atoms with E-state index in [1.807, 2.05) is 12.1 Å². The molecule has 5 fully saturated rings. The molecule has 1 aromatic carbocycles. The lowest BCUT2D eigenvalue weighted by Crippen LogP contribution is -2.48. The molecule has 0 spiro atoms. The Labute approximate surface area is 210 Å². The summed E-state index contributed by atoms with van der Waals surface area (Å²) in [6.45, 7) is 1.96. The van der Waals surface area contributed by atoms with Gasteiger partial charge in [0.1, 0.15) is 5.41 Å². The fourth-order valence-corrected chi connectivity index (χ4v) is 7.64. The van der Waals surface area contributed by atoms with E-state index in [4.69, 9.17) is 15.7 Å². The maximum absolute atomic E-state index is 12.5. The zero-order chi connectivity index (χ0) is 24.3. The highest BCUT2D eigenvalue weighted by Crippen LogP contribution is 2.60. The fourth-order valence-electron chi connectivity index (χ4n) is 7.64. The Kier molecular flexibility index (Phi) is 7.38. The van der Waals surface area contributed by atoms with Gasteiger partial charge in [-0.1, -0.05) is 36.6 Å². The number of amidine groups is 1. The van der Waals surface area contributed by atoms with E-state index >= 15 is 0 Å². The van der Waals surface area contributed by atoms with E-state index in [9.17, 15) is 4.79 Å². The number of rotatable bonds is 13. The Balaban J connectivity index is 0.916. The summed E-state index contributed by atoms with van der Waals surface area (Å²) in [5.74, 6) is 2.85. The topological polar surface area (TPSA) is 96.9 Å². The summed E-state index contributed by atoms with van der Waals surface area (Å²) in [4.78, 5) is 12.5. The van der Waals surface area contributed by atoms with Gasteiger partial charge in [-0.15, -0.1) is 0 Å². The van der Waals surface area contributed by atoms with Crippen LogP contribution in [0.15, 0.2) is 29.4 Å². The van der Waals surface area contributed by atoms with Gasteiger partial charge < -0.3 is 21.0 Å². The van der Waals surface area contributed by atoms with Crippen molar-refractivity contribution in [3.63, 3.8) is 0 Å². The maximum Gasteiger partial charge on any atom is 0.238 e. The van der Waals surface area contributed by atoms with E-state index < -0.39 is 5.41 Å². The molecule has 1 amide bonds. The fraction of sp³-hybridized carbons (Fsp3) is 0.724. The van der Waals surface area contributed by atoms with E-state index in [1.165, 1.54) is 76.2 Å². The third-order valence-electron chi connectivity index (χ3n) is 9.32. The van der Waals surface area contributed by atoms with Gasteiger partial charge in [0.05, 0.1) is 6.61 Å². The summed E-state index contributed by atoms with van der Waals surface area (Å²) in [6.07, 6.45) is 17.3. The number of hydrogen-bond acceptors (Lipinski definition) is 4. The Morgan fingerprint density at radius 2 is 1.57 bits per heavy atom. The number of ether oxygens (including phenoxy) is 1. The number of carbonyl (C=O) groups is 1. The van der Waals surface area contributed by atoms with Gasteiger partial charge in [0, 0.05) is 12.3 Å². The molecule has 4 bridgehead atoms. The molecule has 5 aliphatic rings. The minimum atomic E-state index is -0.826. The molecule has 35 heavy (non-hydrogen) atoms. The third kappa shape index (κ3) is 5.68. The standard InChI is InChI=1S/C29H43N3O3/c30-26(32-34)29(11-12-29)27(33)31-25-9-7-21(8-10-25)6-4-2-1-3-5-13-35-20-28-17-22-14-23(18-28)16-24(15-22)19-28/h7-10,22-24,34H,1-6,11-20H2,(H2,30,32)(H,31,33). The van der Waals surface area contributed by atoms with Gasteiger partial charge in [-0.25, -0.2) is 0 Å². The number of nitrogens with one attached hydrogen (secondary N) is 1. The number of anilines is 1. The van der Waals surface area contributed by atoms with E-state index in [0.29, 0.717) is 18.3 Å². The van der Waals surface area contributed by atoms with Gasteiger partial charge in [0.15, 0.2) is 5.84 Å². The van der Waals surface area contributed by atoms with Crippen LogP contribution in [-0.4, -0.2) is 30.2 Å². The van der Waals surface area contributed by atoms with Crippen LogP contribution in [0, 0.1) is 28.6 Å². The molecule has 1 aromatic rings. The van der Waals surface area contributed by atoms with E-state index in [1.54, 1.807) is 0 Å². The monoisotopic (exact) mass is 481 g/mol. The summed E-state index contributed by atoms with van der Waals surface area (Å²) in [5.41, 5.74) is 7.46. The highest BCUT2D eigenvalue weighted by atomic mass is 16.5. The minimum absolute atomic E-state index is 0.000738. The smallest absolute Gasteiger partial charge is 0.238 e. The molecule has 4 N–H and O–H groups in total. The second kappa shape index (κ2) is 10.5. The maximum atomic E-state index is 12.5. The van der Waals surface area contributed by atoms with Crippen molar-refractivity contribution >= 4 is 17.4 Å². The minimum Gasteiger partial charge on any atom is -0.409 e. The third-order valence-corrected chi connectivity index (χ3v) is 9.32. The van der Waals surface area contributed by atoms with E-state index in [2.05, 4.69) is 22.6 Å². The van der Waals surface area contributed by atoms with Gasteiger partial charge in [0.25, 0.3) is 0 Å². The van der Waals surface area contributed by atoms with E-state index in [-0.39, 0.29) is 11.7 Å². The van der Waals surface area contributed by atoms with Gasteiger partial charge in [-0.05, 0) is 111 Å². The largest absolute Gasteiger partial charge is 0.409 e. The zero-order valence-corrected chi connectivity index (χ0v) is 21.1. The molecule has 0 unspecified atom stereocenters. The quantitative estimate of drug-likeness (QED) is 0.108. The summed E-state index contributed by atoms with van der Waals surface area (Å²) in [5, 5.41) is 14.8. The van der Waals surface area contributed by atoms with Gasteiger partial charge in [0.2, 0.25) is 5.91 Å². The van der Waals surface area contributed by atoms with Crippen LogP contribution < -0.4 is 11.1 Å². The molecule has 5 aliphatic carbocycles. The molecule has 0 aromatic heterocycles. The zero-order valence-electron chi connectivity index (χ0n) is 21.1. The van der Waals surface area contributed by atoms with Crippen molar-refractivity contribution in [1.29, 1.82) is 0 Å². The molecule has 0 atom stereocenters. The number of oxime groups is 1. The van der Waals surface area contributed by atoms with Crippen LogP contribution in [-0.2, 0) is 16.0 Å². The number of aryl methyl sites for hydroxylation is 1. The van der Waals surface area contributed by atoms with Crippen molar-refractivity contribution in [2.24, 2.45) is 39.5 Å². The highest BCUT2D eigenvalue weighted by molar-refractivity contribution is 6.14. The number of carbonyl (C=O) groups excluding carboxylic acids is 1. The first kappa shape index (κ1) is 24.6. The van der Waals surface area contributed by atoms with E-state index in [0.717, 1.165) is 43.1 Å². The van der Waals surface area contributed by atoms with Crippen LogP contribution >= 0.6 is 0 Å². The highest BCUT2D eigenvalue weighted by Gasteiger charge is 2.54. The first-order chi connectivity index (χ1) is 17.0. The molecule has 6 heteroatoms. The van der Waals surface area contributed by atoms with Gasteiger partial charge in [-0.3, -0.25) is 4.79 Å². The van der Waals surface area contributed by atoms with Crippen molar-refractivity contribution in [2.75, 3.05) is 18.5 Å². The average molecular weight is 482 g/mol. The van der Waals surface area contributed by atoms with Crippen LogP contribution in [0.2, 0.25) is 0 Å². The molecular weight excluding hydrogens is 438 g/mol. The number of nitrogens with zero attached hydrogens (tertiary/aromatic N) is 1. The second-order valence-electron chi connectivity index (χ2n) is 12.2. The van der Waals surface area contributed by atoms with Crippen molar-refractivity contribution in [3.05, 3.63) is 29.8 Å². The molecule has 0 heterocycles. The Morgan fingerprint density at radius 1 is 0.971 bits per heavy atom. The van der Waals surface area contributed by atoms with Crippen molar-refractivity contribution in [3.8, 4) is 0 Å². The van der Waals surface area contributed by atoms with Gasteiger partial charge in [-0.2, -0.15) is 0 Å². The Bertz CT molecular complexity index is 871. The summed E-state index contributed by atoms with van der Waals surface area (Å²) >= 11 is 0. The number of unbranched alkanes of at least 4 members (excludes halogenated alkanes) is 4. The van der Waals surface area contributed by atoms with Crippen LogP contribution in [0.5, 0.6) is 0 Å². The summed E-state index contributed by atoms with van der Waals surface area (Å²) in [7, 11) is 0. The summed E-state index contributed by atoms with van der Waals surface area (Å²) < 4.78 is 6.22. The van der Waals surface area contributed by atoms with Crippen molar-refractivity contribution < 1.29 is 14.7 Å². The van der Waals surface area contributed by atoms with Crippen LogP contribution in [0.25, 0.3) is 0 Å². The predicted molar refractivity (Wildman–Crippen MR) is 138 cm³/mol. The lowest BCUT2D eigenvalue weighted by atomic mass is 9.50. The number of amides is 1. The van der Waals surface area contributed by atoms with Crippen molar-refractivity contribution in [2.45, 2.75) is 89.9 Å². The first-order valence-electron chi connectivity index (χ1n) is 14.0. The number of nitrogens with two attached hydrogens (primary N) is 1. The summed E-state index contributed by atoms with van der Waals surface area (Å²) in [6, 6.07) is 8.04. The molecule has 5 saturated carbocycles. The Morgan fingerprint density at radius 3 is 2.17 bits per heavy atom. The lowest BCUT2D eigenvalue weighted by Gasteiger charge is -2.56. The number of hydrogen-bond donors (Lipinski definition) is 3. The Hall–Kier alpha value is -2.08. The molecule has 0 saturated heterocycles. The van der Waals surface area contributed by atoms with Gasteiger partial charge >= 0.3 is 0 Å². The second-order valence-corrected chi connectivity index (χ2v) is 12.2. The van der Waals surface area contributed by atoms with Crippen LogP contribution in [0.4, 0.5) is 5.69 Å². The SMILES string of the molecule is N/C(=N\O)C1(C(=O)Nc2ccc(CCCCCCCOCC34CC5CC(CC(C5)C3)C4)cc2)CC1. The normalized spacial score (nSPS) is 30.4. The molecule has 0 aliphatic heterocycles. The molecule has 6 nitrogen and oxygen atoms in total. The molecular formula is C29H43N3O3. The molecule has 192 valence electrons. The van der Waals surface area contributed by atoms with Crippen LogP contribution in [0.3, 0.4) is 0 Å². The first-order valence-corrected chi connectivity index (χ1v) is 14.0. The van der Waals surface area contributed by atoms with Crippen molar-refractivity contribution in [1.82, 2.24) is 0 Å². The average Bonchev–Trinajstić information content (AvgIpc) is 3.65. The molecule has 6 rings (SSSR count). The number of benzene rings is 1. The molecule has 0 radical (unpaired) electrons.